The third-order valence-electron chi connectivity index (χ3n) is 3.44. The summed E-state index contributed by atoms with van der Waals surface area (Å²) in [6.45, 7) is 11.5. The molecule has 3 nitrogen and oxygen atoms in total. The van der Waals surface area contributed by atoms with Crippen molar-refractivity contribution in [2.45, 2.75) is 39.7 Å². The van der Waals surface area contributed by atoms with Crippen molar-refractivity contribution in [3.63, 3.8) is 0 Å². The molecule has 2 unspecified atom stereocenters. The fourth-order valence-corrected chi connectivity index (χ4v) is 2.34. The van der Waals surface area contributed by atoms with Gasteiger partial charge in [-0.3, -0.25) is 4.90 Å². The highest BCUT2D eigenvalue weighted by atomic mass is 16.5. The van der Waals surface area contributed by atoms with Gasteiger partial charge in [0, 0.05) is 19.1 Å². The van der Waals surface area contributed by atoms with Gasteiger partial charge < -0.3 is 10.5 Å². The molecule has 15 heavy (non-hydrogen) atoms. The highest BCUT2D eigenvalue weighted by molar-refractivity contribution is 4.82. The van der Waals surface area contributed by atoms with E-state index in [1.54, 1.807) is 0 Å². The van der Waals surface area contributed by atoms with E-state index in [0.29, 0.717) is 6.04 Å². The number of hydrogen-bond donors (Lipinski definition) is 1. The van der Waals surface area contributed by atoms with E-state index in [2.05, 4.69) is 25.7 Å². The van der Waals surface area contributed by atoms with Crippen LogP contribution in [0.2, 0.25) is 0 Å². The first kappa shape index (κ1) is 12.9. The first-order chi connectivity index (χ1) is 7.11. The van der Waals surface area contributed by atoms with Crippen LogP contribution in [0.3, 0.4) is 0 Å². The Kier molecular flexibility index (Phi) is 5.03. The monoisotopic (exact) mass is 214 g/mol. The van der Waals surface area contributed by atoms with Crippen molar-refractivity contribution in [1.82, 2.24) is 4.90 Å². The van der Waals surface area contributed by atoms with Crippen molar-refractivity contribution in [2.24, 2.45) is 11.1 Å². The second-order valence-electron chi connectivity index (χ2n) is 5.16. The SMILES string of the molecule is CCCC(C)(CN)CN1CCOCC1C. The largest absolute Gasteiger partial charge is 0.379 e. The Hall–Kier alpha value is -0.120. The Morgan fingerprint density at radius 1 is 1.53 bits per heavy atom. The average molecular weight is 214 g/mol. The summed E-state index contributed by atoms with van der Waals surface area (Å²) in [5.74, 6) is 0. The van der Waals surface area contributed by atoms with Crippen LogP contribution in [0.25, 0.3) is 0 Å². The zero-order valence-electron chi connectivity index (χ0n) is 10.5. The number of nitrogens with two attached hydrogens (primary N) is 1. The molecule has 1 saturated heterocycles. The summed E-state index contributed by atoms with van der Waals surface area (Å²) in [6, 6.07) is 0.543. The zero-order chi connectivity index (χ0) is 11.3. The lowest BCUT2D eigenvalue weighted by Crippen LogP contribution is -2.49. The molecule has 1 rings (SSSR count). The van der Waals surface area contributed by atoms with Crippen LogP contribution in [-0.4, -0.2) is 43.8 Å². The smallest absolute Gasteiger partial charge is 0.0619 e. The molecule has 1 aliphatic heterocycles. The minimum absolute atomic E-state index is 0.278. The maximum absolute atomic E-state index is 5.90. The van der Waals surface area contributed by atoms with Gasteiger partial charge in [-0.15, -0.1) is 0 Å². The van der Waals surface area contributed by atoms with Gasteiger partial charge in [0.1, 0.15) is 0 Å². The van der Waals surface area contributed by atoms with Crippen LogP contribution in [0.5, 0.6) is 0 Å². The highest BCUT2D eigenvalue weighted by Crippen LogP contribution is 2.24. The number of morpholine rings is 1. The minimum Gasteiger partial charge on any atom is -0.379 e. The minimum atomic E-state index is 0.278. The standard InChI is InChI=1S/C12H26N2O/c1-4-5-12(3,9-13)10-14-6-7-15-8-11(14)2/h11H,4-10,13H2,1-3H3. The predicted octanol–water partition coefficient (Wildman–Crippen LogP) is 1.47. The van der Waals surface area contributed by atoms with Crippen LogP contribution in [0, 0.1) is 5.41 Å². The third kappa shape index (κ3) is 3.74. The van der Waals surface area contributed by atoms with E-state index in [4.69, 9.17) is 10.5 Å². The first-order valence-electron chi connectivity index (χ1n) is 6.13. The quantitative estimate of drug-likeness (QED) is 0.753. The van der Waals surface area contributed by atoms with Gasteiger partial charge in [-0.1, -0.05) is 20.3 Å². The summed E-state index contributed by atoms with van der Waals surface area (Å²) in [5, 5.41) is 0. The average Bonchev–Trinajstić information content (AvgIpc) is 2.22. The third-order valence-corrected chi connectivity index (χ3v) is 3.44. The predicted molar refractivity (Wildman–Crippen MR) is 63.9 cm³/mol. The van der Waals surface area contributed by atoms with Crippen LogP contribution in [-0.2, 0) is 4.74 Å². The fourth-order valence-electron chi connectivity index (χ4n) is 2.34. The van der Waals surface area contributed by atoms with Gasteiger partial charge in [0.15, 0.2) is 0 Å². The molecule has 0 aliphatic carbocycles. The molecule has 1 heterocycles. The van der Waals surface area contributed by atoms with Crippen molar-refractivity contribution in [2.75, 3.05) is 32.8 Å². The summed E-state index contributed by atoms with van der Waals surface area (Å²) < 4.78 is 5.45. The van der Waals surface area contributed by atoms with Crippen LogP contribution in [0.4, 0.5) is 0 Å². The lowest BCUT2D eigenvalue weighted by atomic mass is 9.84. The molecule has 0 bridgehead atoms. The number of hydrogen-bond acceptors (Lipinski definition) is 3. The summed E-state index contributed by atoms with van der Waals surface area (Å²) in [4.78, 5) is 2.52. The second kappa shape index (κ2) is 5.83. The molecule has 2 N–H and O–H groups in total. The molecule has 1 fully saturated rings. The Morgan fingerprint density at radius 3 is 2.80 bits per heavy atom. The van der Waals surface area contributed by atoms with Gasteiger partial charge >= 0.3 is 0 Å². The molecule has 0 radical (unpaired) electrons. The molecule has 0 spiro atoms. The summed E-state index contributed by atoms with van der Waals surface area (Å²) >= 11 is 0. The molecular formula is C12H26N2O. The number of rotatable bonds is 5. The van der Waals surface area contributed by atoms with Crippen molar-refractivity contribution >= 4 is 0 Å². The van der Waals surface area contributed by atoms with E-state index < -0.39 is 0 Å². The van der Waals surface area contributed by atoms with Gasteiger partial charge in [-0.2, -0.15) is 0 Å². The van der Waals surface area contributed by atoms with Gasteiger partial charge in [0.25, 0.3) is 0 Å². The number of ether oxygens (including phenoxy) is 1. The fraction of sp³-hybridized carbons (Fsp3) is 1.00. The lowest BCUT2D eigenvalue weighted by Gasteiger charge is -2.40. The van der Waals surface area contributed by atoms with Crippen LogP contribution < -0.4 is 5.73 Å². The maximum Gasteiger partial charge on any atom is 0.0619 e. The zero-order valence-corrected chi connectivity index (χ0v) is 10.5. The maximum atomic E-state index is 5.90. The van der Waals surface area contributed by atoms with Crippen LogP contribution in [0.15, 0.2) is 0 Å². The molecule has 0 saturated carbocycles. The highest BCUT2D eigenvalue weighted by Gasteiger charge is 2.28. The van der Waals surface area contributed by atoms with E-state index in [0.717, 1.165) is 32.8 Å². The molecule has 90 valence electrons. The van der Waals surface area contributed by atoms with Crippen LogP contribution >= 0.6 is 0 Å². The normalized spacial score (nSPS) is 27.6. The van der Waals surface area contributed by atoms with E-state index in [-0.39, 0.29) is 5.41 Å². The van der Waals surface area contributed by atoms with Gasteiger partial charge in [-0.05, 0) is 25.3 Å². The molecule has 0 aromatic heterocycles. The summed E-state index contributed by atoms with van der Waals surface area (Å²) in [5.41, 5.74) is 6.18. The molecule has 0 amide bonds. The Balaban J connectivity index is 2.49. The van der Waals surface area contributed by atoms with E-state index in [1.807, 2.05) is 0 Å². The summed E-state index contributed by atoms with van der Waals surface area (Å²) in [7, 11) is 0. The Morgan fingerprint density at radius 2 is 2.27 bits per heavy atom. The van der Waals surface area contributed by atoms with Gasteiger partial charge in [0.2, 0.25) is 0 Å². The first-order valence-corrected chi connectivity index (χ1v) is 6.13. The number of nitrogens with zero attached hydrogens (tertiary/aromatic N) is 1. The van der Waals surface area contributed by atoms with Gasteiger partial charge in [0.05, 0.1) is 13.2 Å². The second-order valence-corrected chi connectivity index (χ2v) is 5.16. The van der Waals surface area contributed by atoms with Crippen LogP contribution in [0.1, 0.15) is 33.6 Å². The van der Waals surface area contributed by atoms with Crippen molar-refractivity contribution in [1.29, 1.82) is 0 Å². The molecule has 2 atom stereocenters. The van der Waals surface area contributed by atoms with E-state index in [9.17, 15) is 0 Å². The molecule has 1 aliphatic rings. The molecule has 0 aromatic carbocycles. The van der Waals surface area contributed by atoms with Crippen molar-refractivity contribution in [3.05, 3.63) is 0 Å². The molecule has 3 heteroatoms. The van der Waals surface area contributed by atoms with Gasteiger partial charge in [-0.25, -0.2) is 0 Å². The van der Waals surface area contributed by atoms with Crippen molar-refractivity contribution < 1.29 is 4.74 Å². The summed E-state index contributed by atoms with van der Waals surface area (Å²) in [6.07, 6.45) is 2.43. The Labute approximate surface area is 94.0 Å². The Bertz CT molecular complexity index is 186. The van der Waals surface area contributed by atoms with E-state index >= 15 is 0 Å². The van der Waals surface area contributed by atoms with E-state index in [1.165, 1.54) is 12.8 Å². The lowest BCUT2D eigenvalue weighted by molar-refractivity contribution is -0.0182. The molecule has 0 aromatic rings. The topological polar surface area (TPSA) is 38.5 Å². The van der Waals surface area contributed by atoms with Crippen molar-refractivity contribution in [3.8, 4) is 0 Å². The molecular weight excluding hydrogens is 188 g/mol.